The molecule has 27 heavy (non-hydrogen) atoms. The quantitative estimate of drug-likeness (QED) is 0.815. The Kier molecular flexibility index (Phi) is 5.57. The zero-order valence-corrected chi connectivity index (χ0v) is 15.5. The molecule has 0 aromatic heterocycles. The summed E-state index contributed by atoms with van der Waals surface area (Å²) in [4.78, 5) is 23.9. The second-order valence-electron chi connectivity index (χ2n) is 6.45. The molecule has 8 heteroatoms. The number of hydrogen-bond acceptors (Lipinski definition) is 4. The number of nitrogens with zero attached hydrogens (tertiary/aromatic N) is 1. The smallest absolute Gasteiger partial charge is 0.248 e. The van der Waals surface area contributed by atoms with Gasteiger partial charge < -0.3 is 11.1 Å². The number of carbonyl (C=O) groups excluding carboxylic acids is 2. The second kappa shape index (κ2) is 7.89. The van der Waals surface area contributed by atoms with Gasteiger partial charge in [0, 0.05) is 24.3 Å². The first-order valence-electron chi connectivity index (χ1n) is 8.64. The maximum absolute atomic E-state index is 12.8. The minimum absolute atomic E-state index is 0.141. The molecule has 0 bridgehead atoms. The molecule has 1 aliphatic heterocycles. The van der Waals surface area contributed by atoms with Gasteiger partial charge in [-0.2, -0.15) is 4.31 Å². The summed E-state index contributed by atoms with van der Waals surface area (Å²) in [7, 11) is -3.61. The summed E-state index contributed by atoms with van der Waals surface area (Å²) in [6, 6.07) is 14.5. The van der Waals surface area contributed by atoms with E-state index in [4.69, 9.17) is 5.73 Å². The minimum Gasteiger partial charge on any atom is -0.366 e. The van der Waals surface area contributed by atoms with E-state index in [1.165, 1.54) is 16.4 Å². The van der Waals surface area contributed by atoms with Gasteiger partial charge in [0.25, 0.3) is 0 Å². The lowest BCUT2D eigenvalue weighted by Gasteiger charge is -2.31. The maximum atomic E-state index is 12.8. The summed E-state index contributed by atoms with van der Waals surface area (Å²) >= 11 is 0. The number of anilines is 1. The third kappa shape index (κ3) is 4.35. The molecule has 1 atom stereocenters. The third-order valence-electron chi connectivity index (χ3n) is 4.57. The zero-order chi connectivity index (χ0) is 19.4. The van der Waals surface area contributed by atoms with Gasteiger partial charge in [-0.1, -0.05) is 18.2 Å². The van der Waals surface area contributed by atoms with Gasteiger partial charge in [0.05, 0.1) is 10.8 Å². The summed E-state index contributed by atoms with van der Waals surface area (Å²) in [6.07, 6.45) is 1.23. The molecule has 1 heterocycles. The fourth-order valence-corrected chi connectivity index (χ4v) is 4.62. The largest absolute Gasteiger partial charge is 0.366 e. The summed E-state index contributed by atoms with van der Waals surface area (Å²) in [5, 5.41) is 2.78. The molecule has 0 saturated carbocycles. The van der Waals surface area contributed by atoms with Crippen LogP contribution in [0.15, 0.2) is 59.5 Å². The lowest BCUT2D eigenvalue weighted by atomic mass is 9.98. The van der Waals surface area contributed by atoms with E-state index in [0.717, 1.165) is 0 Å². The Morgan fingerprint density at radius 3 is 2.33 bits per heavy atom. The van der Waals surface area contributed by atoms with Crippen molar-refractivity contribution in [2.24, 2.45) is 11.7 Å². The zero-order valence-electron chi connectivity index (χ0n) is 14.7. The molecule has 0 spiro atoms. The summed E-state index contributed by atoms with van der Waals surface area (Å²) < 4.78 is 26.9. The van der Waals surface area contributed by atoms with Gasteiger partial charge in [-0.15, -0.1) is 0 Å². The predicted molar refractivity (Wildman–Crippen MR) is 102 cm³/mol. The first-order valence-corrected chi connectivity index (χ1v) is 10.1. The normalized spacial score (nSPS) is 18.0. The predicted octanol–water partition coefficient (Wildman–Crippen LogP) is 1.82. The molecule has 2 amide bonds. The topological polar surface area (TPSA) is 110 Å². The highest BCUT2D eigenvalue weighted by atomic mass is 32.2. The van der Waals surface area contributed by atoms with Crippen molar-refractivity contribution in [3.8, 4) is 0 Å². The van der Waals surface area contributed by atoms with Crippen LogP contribution in [0.1, 0.15) is 23.2 Å². The van der Waals surface area contributed by atoms with E-state index in [9.17, 15) is 18.0 Å². The molecule has 142 valence electrons. The van der Waals surface area contributed by atoms with Crippen molar-refractivity contribution in [2.75, 3.05) is 18.4 Å². The highest BCUT2D eigenvalue weighted by molar-refractivity contribution is 7.89. The highest BCUT2D eigenvalue weighted by Gasteiger charge is 2.33. The van der Waals surface area contributed by atoms with Crippen molar-refractivity contribution in [2.45, 2.75) is 17.7 Å². The van der Waals surface area contributed by atoms with E-state index in [1.54, 1.807) is 42.5 Å². The van der Waals surface area contributed by atoms with Crippen molar-refractivity contribution in [3.63, 3.8) is 0 Å². The Morgan fingerprint density at radius 2 is 1.70 bits per heavy atom. The summed E-state index contributed by atoms with van der Waals surface area (Å²) in [6.45, 7) is 0.538. The van der Waals surface area contributed by atoms with E-state index in [0.29, 0.717) is 30.6 Å². The van der Waals surface area contributed by atoms with Crippen LogP contribution in [0.25, 0.3) is 0 Å². The van der Waals surface area contributed by atoms with Crippen LogP contribution >= 0.6 is 0 Å². The van der Waals surface area contributed by atoms with Crippen molar-refractivity contribution < 1.29 is 18.0 Å². The average Bonchev–Trinajstić information content (AvgIpc) is 2.69. The molecule has 1 saturated heterocycles. The standard InChI is InChI=1S/C19H21N3O4S/c20-18(23)14-8-10-16(11-9-14)21-19(24)15-5-4-12-22(13-15)27(25,26)17-6-2-1-3-7-17/h1-3,6-11,15H,4-5,12-13H2,(H2,20,23)(H,21,24). The number of carbonyl (C=O) groups is 2. The van der Waals surface area contributed by atoms with Crippen LogP contribution in [0.2, 0.25) is 0 Å². The maximum Gasteiger partial charge on any atom is 0.248 e. The van der Waals surface area contributed by atoms with Crippen LogP contribution in [-0.2, 0) is 14.8 Å². The van der Waals surface area contributed by atoms with Gasteiger partial charge in [0.2, 0.25) is 21.8 Å². The monoisotopic (exact) mass is 387 g/mol. The lowest BCUT2D eigenvalue weighted by molar-refractivity contribution is -0.120. The molecule has 1 aliphatic rings. The van der Waals surface area contributed by atoms with Gasteiger partial charge in [0.1, 0.15) is 0 Å². The van der Waals surface area contributed by atoms with Gasteiger partial charge in [-0.25, -0.2) is 8.42 Å². The van der Waals surface area contributed by atoms with E-state index in [1.807, 2.05) is 0 Å². The number of sulfonamides is 1. The molecule has 2 aromatic rings. The van der Waals surface area contributed by atoms with Crippen molar-refractivity contribution in [1.29, 1.82) is 0 Å². The fourth-order valence-electron chi connectivity index (χ4n) is 3.08. The van der Waals surface area contributed by atoms with Crippen LogP contribution in [0, 0.1) is 5.92 Å². The number of piperidine rings is 1. The molecule has 3 rings (SSSR count). The lowest BCUT2D eigenvalue weighted by Crippen LogP contribution is -2.43. The van der Waals surface area contributed by atoms with Crippen LogP contribution < -0.4 is 11.1 Å². The Morgan fingerprint density at radius 1 is 1.04 bits per heavy atom. The second-order valence-corrected chi connectivity index (χ2v) is 8.38. The Balaban J connectivity index is 1.68. The third-order valence-corrected chi connectivity index (χ3v) is 6.45. The Labute approximate surface area is 158 Å². The molecular formula is C19H21N3O4S. The van der Waals surface area contributed by atoms with Crippen molar-refractivity contribution in [3.05, 3.63) is 60.2 Å². The summed E-state index contributed by atoms with van der Waals surface area (Å²) in [5.74, 6) is -1.22. The van der Waals surface area contributed by atoms with Crippen molar-refractivity contribution in [1.82, 2.24) is 4.31 Å². The SMILES string of the molecule is NC(=O)c1ccc(NC(=O)C2CCCN(S(=O)(=O)c3ccccc3)C2)cc1. The molecule has 1 fully saturated rings. The highest BCUT2D eigenvalue weighted by Crippen LogP contribution is 2.24. The van der Waals surface area contributed by atoms with Crippen molar-refractivity contribution >= 4 is 27.5 Å². The van der Waals surface area contributed by atoms with Crippen LogP contribution in [0.5, 0.6) is 0 Å². The number of benzene rings is 2. The Hall–Kier alpha value is -2.71. The van der Waals surface area contributed by atoms with E-state index >= 15 is 0 Å². The first-order chi connectivity index (χ1) is 12.9. The molecule has 7 nitrogen and oxygen atoms in total. The fraction of sp³-hybridized carbons (Fsp3) is 0.263. The van der Waals surface area contributed by atoms with Gasteiger partial charge in [0.15, 0.2) is 0 Å². The number of nitrogens with one attached hydrogen (secondary N) is 1. The average molecular weight is 387 g/mol. The number of primary amides is 1. The Bertz CT molecular complexity index is 927. The molecule has 0 radical (unpaired) electrons. The van der Waals surface area contributed by atoms with Gasteiger partial charge in [-0.3, -0.25) is 9.59 Å². The molecular weight excluding hydrogens is 366 g/mol. The first kappa shape index (κ1) is 19.1. The molecule has 3 N–H and O–H groups in total. The number of rotatable bonds is 5. The molecule has 1 unspecified atom stereocenters. The van der Waals surface area contributed by atoms with Gasteiger partial charge >= 0.3 is 0 Å². The molecule has 0 aliphatic carbocycles. The van der Waals surface area contributed by atoms with E-state index in [2.05, 4.69) is 5.32 Å². The summed E-state index contributed by atoms with van der Waals surface area (Å²) in [5.41, 5.74) is 6.09. The van der Waals surface area contributed by atoms with E-state index in [-0.39, 0.29) is 17.3 Å². The number of amides is 2. The van der Waals surface area contributed by atoms with Crippen LogP contribution in [0.4, 0.5) is 5.69 Å². The number of nitrogens with two attached hydrogens (primary N) is 1. The molecule has 2 aromatic carbocycles. The number of hydrogen-bond donors (Lipinski definition) is 2. The van der Waals surface area contributed by atoms with Crippen LogP contribution in [-0.4, -0.2) is 37.6 Å². The minimum atomic E-state index is -3.61. The van der Waals surface area contributed by atoms with Gasteiger partial charge in [-0.05, 0) is 49.2 Å². The van der Waals surface area contributed by atoms with E-state index < -0.39 is 21.8 Å². The van der Waals surface area contributed by atoms with Crippen LogP contribution in [0.3, 0.4) is 0 Å².